The Morgan fingerprint density at radius 1 is 1.21 bits per heavy atom. The number of piperidine rings is 1. The van der Waals surface area contributed by atoms with Gasteiger partial charge >= 0.3 is 5.97 Å². The Bertz CT molecular complexity index is 887. The Balaban J connectivity index is 1.50. The molecule has 3 rings (SSSR count). The van der Waals surface area contributed by atoms with Gasteiger partial charge in [-0.1, -0.05) is 12.1 Å². The molecular weight excluding hydrogens is 382 g/mol. The Morgan fingerprint density at radius 3 is 2.61 bits per heavy atom. The number of likely N-dealkylation sites (tertiary alicyclic amines) is 1. The quantitative estimate of drug-likeness (QED) is 0.744. The number of ether oxygens (including phenoxy) is 1. The number of carbonyl (C=O) groups is 2. The van der Waals surface area contributed by atoms with Crippen LogP contribution in [-0.2, 0) is 24.3 Å². The lowest BCUT2D eigenvalue weighted by Crippen LogP contribution is -2.49. The van der Waals surface area contributed by atoms with Gasteiger partial charge in [0.25, 0.3) is 15.9 Å². The fourth-order valence-corrected chi connectivity index (χ4v) is 4.96. The molecule has 1 N–H and O–H groups in total. The Hall–Kier alpha value is -2.42. The van der Waals surface area contributed by atoms with E-state index in [0.717, 1.165) is 19.3 Å². The standard InChI is InChI=1S/C19H25N3O5S/c1-13-6-5-7-14(2)22(13)17(23)12-27-18(24)10-11-20-19-15-8-3-4-9-16(15)28(25,26)21-19/h3-4,8-9,13-14H,5-7,10-12H2,1-2H3,(H,20,21)/t13-,14+. The molecule has 2 aliphatic heterocycles. The van der Waals surface area contributed by atoms with Gasteiger partial charge < -0.3 is 9.64 Å². The molecule has 1 aromatic rings. The second kappa shape index (κ2) is 8.30. The minimum atomic E-state index is -3.60. The van der Waals surface area contributed by atoms with Crippen LogP contribution in [0.5, 0.6) is 0 Å². The molecule has 0 aliphatic carbocycles. The van der Waals surface area contributed by atoms with Crippen LogP contribution in [0.2, 0.25) is 0 Å². The second-order valence-electron chi connectivity index (χ2n) is 7.17. The van der Waals surface area contributed by atoms with Crippen molar-refractivity contribution in [3.05, 3.63) is 29.8 Å². The van der Waals surface area contributed by atoms with Crippen LogP contribution in [0.25, 0.3) is 0 Å². The number of esters is 1. The van der Waals surface area contributed by atoms with Crippen molar-refractivity contribution in [2.45, 2.75) is 56.5 Å². The summed E-state index contributed by atoms with van der Waals surface area (Å²) in [5, 5.41) is 0. The molecule has 9 heteroatoms. The predicted octanol–water partition coefficient (Wildman–Crippen LogP) is 1.45. The van der Waals surface area contributed by atoms with E-state index in [2.05, 4.69) is 9.71 Å². The highest BCUT2D eigenvalue weighted by Crippen LogP contribution is 2.23. The van der Waals surface area contributed by atoms with Gasteiger partial charge in [-0.25, -0.2) is 8.42 Å². The predicted molar refractivity (Wildman–Crippen MR) is 103 cm³/mol. The highest BCUT2D eigenvalue weighted by molar-refractivity contribution is 7.90. The third kappa shape index (κ3) is 4.35. The van der Waals surface area contributed by atoms with E-state index < -0.39 is 16.0 Å². The van der Waals surface area contributed by atoms with E-state index in [1.165, 1.54) is 6.07 Å². The molecule has 0 aromatic heterocycles. The number of rotatable bonds is 5. The molecule has 152 valence electrons. The highest BCUT2D eigenvalue weighted by Gasteiger charge is 2.31. The molecule has 0 saturated carbocycles. The molecule has 2 aliphatic rings. The fraction of sp³-hybridized carbons (Fsp3) is 0.526. The molecule has 1 fully saturated rings. The van der Waals surface area contributed by atoms with Crippen molar-refractivity contribution in [2.75, 3.05) is 13.2 Å². The van der Waals surface area contributed by atoms with Crippen LogP contribution in [0.3, 0.4) is 0 Å². The molecule has 0 bridgehead atoms. The third-order valence-corrected chi connectivity index (χ3v) is 6.48. The number of nitrogens with zero attached hydrogens (tertiary/aromatic N) is 2. The average molecular weight is 407 g/mol. The molecule has 2 atom stereocenters. The first kappa shape index (κ1) is 20.3. The zero-order valence-corrected chi connectivity index (χ0v) is 16.9. The van der Waals surface area contributed by atoms with Crippen molar-refractivity contribution in [3.63, 3.8) is 0 Å². The molecule has 0 spiro atoms. The van der Waals surface area contributed by atoms with Crippen LogP contribution in [0.1, 0.15) is 45.1 Å². The molecule has 1 aromatic carbocycles. The van der Waals surface area contributed by atoms with Gasteiger partial charge in [0.05, 0.1) is 17.9 Å². The van der Waals surface area contributed by atoms with Crippen molar-refractivity contribution in [1.29, 1.82) is 0 Å². The maximum Gasteiger partial charge on any atom is 0.308 e. The number of aliphatic imine (C=N–C) groups is 1. The number of sulfonamides is 1. The minimum Gasteiger partial charge on any atom is -0.456 e. The lowest BCUT2D eigenvalue weighted by molar-refractivity contribution is -0.154. The molecule has 8 nitrogen and oxygen atoms in total. The summed E-state index contributed by atoms with van der Waals surface area (Å²) in [6, 6.07) is 6.82. The summed E-state index contributed by atoms with van der Waals surface area (Å²) in [4.78, 5) is 30.4. The van der Waals surface area contributed by atoms with Crippen LogP contribution >= 0.6 is 0 Å². The van der Waals surface area contributed by atoms with E-state index in [1.807, 2.05) is 13.8 Å². The zero-order valence-electron chi connectivity index (χ0n) is 16.1. The highest BCUT2D eigenvalue weighted by atomic mass is 32.2. The van der Waals surface area contributed by atoms with Gasteiger partial charge in [-0.05, 0) is 45.2 Å². The van der Waals surface area contributed by atoms with Crippen LogP contribution in [-0.4, -0.2) is 56.3 Å². The van der Waals surface area contributed by atoms with Gasteiger partial charge in [0.15, 0.2) is 6.61 Å². The normalized spacial score (nSPS) is 24.5. The van der Waals surface area contributed by atoms with Crippen molar-refractivity contribution in [2.24, 2.45) is 4.99 Å². The van der Waals surface area contributed by atoms with Crippen molar-refractivity contribution < 1.29 is 22.7 Å². The third-order valence-electron chi connectivity index (χ3n) is 5.09. The maximum absolute atomic E-state index is 12.4. The summed E-state index contributed by atoms with van der Waals surface area (Å²) < 4.78 is 31.5. The maximum atomic E-state index is 12.4. The van der Waals surface area contributed by atoms with Crippen LogP contribution in [0.4, 0.5) is 0 Å². The number of fused-ring (bicyclic) bond motifs is 1. The van der Waals surface area contributed by atoms with E-state index in [9.17, 15) is 18.0 Å². The Labute approximate surface area is 165 Å². The van der Waals surface area contributed by atoms with Gasteiger partial charge in [-0.15, -0.1) is 0 Å². The molecule has 0 unspecified atom stereocenters. The van der Waals surface area contributed by atoms with Crippen LogP contribution in [0, 0.1) is 0 Å². The van der Waals surface area contributed by atoms with E-state index in [1.54, 1.807) is 23.1 Å². The van der Waals surface area contributed by atoms with Gasteiger partial charge in [0, 0.05) is 17.6 Å². The van der Waals surface area contributed by atoms with E-state index >= 15 is 0 Å². The van der Waals surface area contributed by atoms with E-state index in [0.29, 0.717) is 5.56 Å². The summed E-state index contributed by atoms with van der Waals surface area (Å²) in [6.45, 7) is 3.80. The molecule has 1 saturated heterocycles. The van der Waals surface area contributed by atoms with E-state index in [-0.39, 0.29) is 48.3 Å². The van der Waals surface area contributed by atoms with Crippen LogP contribution < -0.4 is 4.72 Å². The summed E-state index contributed by atoms with van der Waals surface area (Å²) >= 11 is 0. The molecule has 1 amide bonds. The lowest BCUT2D eigenvalue weighted by Gasteiger charge is -2.38. The van der Waals surface area contributed by atoms with Crippen molar-refractivity contribution >= 4 is 27.7 Å². The zero-order chi connectivity index (χ0) is 20.3. The van der Waals surface area contributed by atoms with Crippen LogP contribution in [0.15, 0.2) is 34.2 Å². The number of hydrogen-bond acceptors (Lipinski definition) is 6. The molecule has 2 heterocycles. The monoisotopic (exact) mass is 407 g/mol. The van der Waals surface area contributed by atoms with Gasteiger partial charge in [-0.2, -0.15) is 0 Å². The van der Waals surface area contributed by atoms with Gasteiger partial charge in [0.2, 0.25) is 0 Å². The smallest absolute Gasteiger partial charge is 0.308 e. The number of nitrogens with one attached hydrogen (secondary N) is 1. The molecular formula is C19H25N3O5S. The number of benzene rings is 1. The first-order valence-electron chi connectivity index (χ1n) is 9.43. The largest absolute Gasteiger partial charge is 0.456 e. The first-order valence-corrected chi connectivity index (χ1v) is 10.9. The number of amides is 1. The number of carbonyl (C=O) groups excluding carboxylic acids is 2. The molecule has 28 heavy (non-hydrogen) atoms. The summed E-state index contributed by atoms with van der Waals surface area (Å²) in [5.74, 6) is -0.503. The average Bonchev–Trinajstić information content (AvgIpc) is 2.91. The van der Waals surface area contributed by atoms with Gasteiger partial charge in [0.1, 0.15) is 5.84 Å². The summed E-state index contributed by atoms with van der Waals surface area (Å²) in [7, 11) is -3.60. The Kier molecular flexibility index (Phi) is 6.02. The first-order chi connectivity index (χ1) is 13.3. The number of hydrogen-bond donors (Lipinski definition) is 1. The second-order valence-corrected chi connectivity index (χ2v) is 8.82. The van der Waals surface area contributed by atoms with E-state index in [4.69, 9.17) is 4.74 Å². The lowest BCUT2D eigenvalue weighted by atomic mass is 9.97. The number of amidine groups is 1. The fourth-order valence-electron chi connectivity index (χ4n) is 3.71. The minimum absolute atomic E-state index is 0.0359. The van der Waals surface area contributed by atoms with Crippen molar-refractivity contribution in [3.8, 4) is 0 Å². The summed E-state index contributed by atoms with van der Waals surface area (Å²) in [5.41, 5.74) is 0.485. The topological polar surface area (TPSA) is 105 Å². The molecule has 0 radical (unpaired) electrons. The van der Waals surface area contributed by atoms with Gasteiger partial charge in [-0.3, -0.25) is 19.3 Å². The summed E-state index contributed by atoms with van der Waals surface area (Å²) in [6.07, 6.45) is 2.97. The Morgan fingerprint density at radius 2 is 1.89 bits per heavy atom. The SMILES string of the molecule is C[C@@H]1CCC[C@H](C)N1C(=O)COC(=O)CCN=C1NS(=O)(=O)c2ccccc21. The van der Waals surface area contributed by atoms with Crippen molar-refractivity contribution in [1.82, 2.24) is 9.62 Å².